The Hall–Kier alpha value is -0.900. The van der Waals surface area contributed by atoms with Crippen molar-refractivity contribution in [3.8, 4) is 0 Å². The zero-order valence-electron chi connectivity index (χ0n) is 8.41. The van der Waals surface area contributed by atoms with Gasteiger partial charge in [0.25, 0.3) is 0 Å². The molecule has 0 aliphatic rings. The van der Waals surface area contributed by atoms with Crippen LogP contribution in [-0.4, -0.2) is 28.1 Å². The number of ketones is 1. The third kappa shape index (κ3) is 24.7. The summed E-state index contributed by atoms with van der Waals surface area (Å²) < 4.78 is 0. The van der Waals surface area contributed by atoms with Gasteiger partial charge in [0.05, 0.1) is 0 Å². The number of aliphatic hydroxyl groups excluding tert-OH is 1. The second-order valence-corrected chi connectivity index (χ2v) is 2.95. The van der Waals surface area contributed by atoms with Crippen LogP contribution in [0.4, 0.5) is 0 Å². The Kier molecular flexibility index (Phi) is 10.3. The minimum atomic E-state index is -1.03. The largest absolute Gasteiger partial charge is 0.481 e. The second-order valence-electron chi connectivity index (χ2n) is 2.95. The topological polar surface area (TPSA) is 74.6 Å². The molecule has 0 radical (unpaired) electrons. The maximum absolute atomic E-state index is 10.5. The Morgan fingerprint density at radius 1 is 1.31 bits per heavy atom. The van der Waals surface area contributed by atoms with Gasteiger partial charge in [-0.05, 0) is 20.3 Å². The lowest BCUT2D eigenvalue weighted by atomic mass is 10.2. The van der Waals surface area contributed by atoms with Crippen LogP contribution in [0, 0.1) is 0 Å². The van der Waals surface area contributed by atoms with Crippen molar-refractivity contribution in [2.75, 3.05) is 0 Å². The van der Waals surface area contributed by atoms with E-state index in [1.54, 1.807) is 13.8 Å². The van der Waals surface area contributed by atoms with E-state index in [0.29, 0.717) is 6.42 Å². The van der Waals surface area contributed by atoms with Crippen molar-refractivity contribution < 1.29 is 19.8 Å². The summed E-state index contributed by atoms with van der Waals surface area (Å²) in [7, 11) is 0. The highest BCUT2D eigenvalue weighted by molar-refractivity contribution is 5.94. The summed E-state index contributed by atoms with van der Waals surface area (Å²) in [5, 5.41) is 16.1. The van der Waals surface area contributed by atoms with Gasteiger partial charge in [-0.1, -0.05) is 6.92 Å². The molecule has 4 heteroatoms. The van der Waals surface area contributed by atoms with Gasteiger partial charge in [-0.3, -0.25) is 9.59 Å². The first kappa shape index (κ1) is 14.6. The SMILES string of the molecule is CC(C)O.CCCC(=O)CC(=O)O. The van der Waals surface area contributed by atoms with Gasteiger partial charge in [-0.15, -0.1) is 0 Å². The predicted octanol–water partition coefficient (Wildman–Crippen LogP) is 1.22. The van der Waals surface area contributed by atoms with E-state index < -0.39 is 5.97 Å². The van der Waals surface area contributed by atoms with E-state index in [1.807, 2.05) is 6.92 Å². The van der Waals surface area contributed by atoms with Gasteiger partial charge in [0.1, 0.15) is 12.2 Å². The molecule has 0 unspecified atom stereocenters. The van der Waals surface area contributed by atoms with E-state index in [9.17, 15) is 9.59 Å². The van der Waals surface area contributed by atoms with Crippen LogP contribution < -0.4 is 0 Å². The van der Waals surface area contributed by atoms with E-state index in [4.69, 9.17) is 10.2 Å². The number of aliphatic carboxylic acids is 1. The molecule has 0 aromatic heterocycles. The molecule has 0 aliphatic carbocycles. The summed E-state index contributed by atoms with van der Waals surface area (Å²) in [6.07, 6.45) is 0.617. The van der Waals surface area contributed by atoms with E-state index in [-0.39, 0.29) is 18.3 Å². The van der Waals surface area contributed by atoms with Crippen LogP contribution in [0.25, 0.3) is 0 Å². The van der Waals surface area contributed by atoms with Crippen molar-refractivity contribution in [1.82, 2.24) is 0 Å². The summed E-state index contributed by atoms with van der Waals surface area (Å²) >= 11 is 0. The Morgan fingerprint density at radius 2 is 1.69 bits per heavy atom. The van der Waals surface area contributed by atoms with Crippen LogP contribution in [0.5, 0.6) is 0 Å². The molecule has 13 heavy (non-hydrogen) atoms. The van der Waals surface area contributed by atoms with Crippen LogP contribution in [0.15, 0.2) is 0 Å². The van der Waals surface area contributed by atoms with E-state index >= 15 is 0 Å². The van der Waals surface area contributed by atoms with Gasteiger partial charge in [-0.2, -0.15) is 0 Å². The number of rotatable bonds is 4. The lowest BCUT2D eigenvalue weighted by molar-refractivity contribution is -0.140. The van der Waals surface area contributed by atoms with Crippen molar-refractivity contribution >= 4 is 11.8 Å². The average molecular weight is 190 g/mol. The molecule has 0 saturated carbocycles. The quantitative estimate of drug-likeness (QED) is 0.653. The Morgan fingerprint density at radius 3 is 1.92 bits per heavy atom. The van der Waals surface area contributed by atoms with Gasteiger partial charge in [0.15, 0.2) is 0 Å². The number of hydrogen-bond acceptors (Lipinski definition) is 3. The van der Waals surface area contributed by atoms with Crippen LogP contribution in [0.1, 0.15) is 40.0 Å². The molecular formula is C9H18O4. The molecule has 0 saturated heterocycles. The van der Waals surface area contributed by atoms with Crippen molar-refractivity contribution in [1.29, 1.82) is 0 Å². The zero-order chi connectivity index (χ0) is 10.9. The minimum absolute atomic E-state index is 0.167. The Labute approximate surface area is 78.6 Å². The number of carbonyl (C=O) groups is 2. The molecule has 0 aromatic rings. The molecule has 0 rings (SSSR count). The van der Waals surface area contributed by atoms with Crippen LogP contribution >= 0.6 is 0 Å². The number of carbonyl (C=O) groups excluding carboxylic acids is 1. The monoisotopic (exact) mass is 190 g/mol. The first-order valence-electron chi connectivity index (χ1n) is 4.31. The van der Waals surface area contributed by atoms with Crippen LogP contribution in [0.3, 0.4) is 0 Å². The predicted molar refractivity (Wildman–Crippen MR) is 49.5 cm³/mol. The first-order chi connectivity index (χ1) is 5.90. The van der Waals surface area contributed by atoms with Crippen LogP contribution in [0.2, 0.25) is 0 Å². The fourth-order valence-electron chi connectivity index (χ4n) is 0.536. The highest BCUT2D eigenvalue weighted by Crippen LogP contribution is 1.92. The van der Waals surface area contributed by atoms with Gasteiger partial charge in [-0.25, -0.2) is 0 Å². The molecule has 0 heterocycles. The number of carboxylic acid groups (broad SMARTS) is 1. The number of carboxylic acids is 1. The average Bonchev–Trinajstić information content (AvgIpc) is 1.83. The third-order valence-corrected chi connectivity index (χ3v) is 0.877. The summed E-state index contributed by atoms with van der Waals surface area (Å²) in [4.78, 5) is 20.3. The summed E-state index contributed by atoms with van der Waals surface area (Å²) in [5.41, 5.74) is 0. The third-order valence-electron chi connectivity index (χ3n) is 0.877. The summed E-state index contributed by atoms with van der Waals surface area (Å²) in [6, 6.07) is 0. The maximum atomic E-state index is 10.5. The molecule has 0 spiro atoms. The highest BCUT2D eigenvalue weighted by atomic mass is 16.4. The van der Waals surface area contributed by atoms with Gasteiger partial charge < -0.3 is 10.2 Å². The van der Waals surface area contributed by atoms with Crippen molar-refractivity contribution in [2.24, 2.45) is 0 Å². The molecule has 0 bridgehead atoms. The van der Waals surface area contributed by atoms with Crippen LogP contribution in [-0.2, 0) is 9.59 Å². The second kappa shape index (κ2) is 9.19. The smallest absolute Gasteiger partial charge is 0.310 e. The normalized spacial score (nSPS) is 9.00. The molecular weight excluding hydrogens is 172 g/mol. The molecule has 0 aromatic carbocycles. The lowest BCUT2D eigenvalue weighted by Crippen LogP contribution is -2.05. The lowest BCUT2D eigenvalue weighted by Gasteiger charge is -1.90. The fraction of sp³-hybridized carbons (Fsp3) is 0.778. The Bertz CT molecular complexity index is 149. The van der Waals surface area contributed by atoms with E-state index in [1.165, 1.54) is 0 Å². The molecule has 0 aliphatic heterocycles. The number of Topliss-reactive ketones (excluding diaryl/α,β-unsaturated/α-hetero) is 1. The number of hydrogen-bond donors (Lipinski definition) is 2. The summed E-state index contributed by atoms with van der Waals surface area (Å²) in [5.74, 6) is -1.22. The Balaban J connectivity index is 0. The van der Waals surface area contributed by atoms with Gasteiger partial charge in [0, 0.05) is 12.5 Å². The maximum Gasteiger partial charge on any atom is 0.310 e. The molecule has 4 nitrogen and oxygen atoms in total. The van der Waals surface area contributed by atoms with Crippen molar-refractivity contribution in [2.45, 2.75) is 46.1 Å². The first-order valence-corrected chi connectivity index (χ1v) is 4.31. The molecule has 2 N–H and O–H groups in total. The van der Waals surface area contributed by atoms with Crippen molar-refractivity contribution in [3.05, 3.63) is 0 Å². The molecule has 0 fully saturated rings. The standard InChI is InChI=1S/C6H10O3.C3H8O/c1-2-3-5(7)4-6(8)9;1-3(2)4/h2-4H2,1H3,(H,8,9);3-4H,1-2H3. The molecule has 0 atom stereocenters. The summed E-state index contributed by atoms with van der Waals surface area (Å²) in [6.45, 7) is 5.29. The fourth-order valence-corrected chi connectivity index (χ4v) is 0.536. The molecule has 78 valence electrons. The minimum Gasteiger partial charge on any atom is -0.481 e. The van der Waals surface area contributed by atoms with Gasteiger partial charge in [0.2, 0.25) is 0 Å². The molecule has 0 amide bonds. The van der Waals surface area contributed by atoms with E-state index in [0.717, 1.165) is 6.42 Å². The zero-order valence-corrected chi connectivity index (χ0v) is 8.41. The van der Waals surface area contributed by atoms with Crippen molar-refractivity contribution in [3.63, 3.8) is 0 Å². The van der Waals surface area contributed by atoms with E-state index in [2.05, 4.69) is 0 Å². The van der Waals surface area contributed by atoms with Gasteiger partial charge >= 0.3 is 5.97 Å². The number of aliphatic hydroxyl groups is 1. The highest BCUT2D eigenvalue weighted by Gasteiger charge is 2.04.